The molecule has 1 aliphatic rings. The number of benzene rings is 1. The molecular formula is C29H44N5O4PSi. The van der Waals surface area contributed by atoms with E-state index < -0.39 is 22.7 Å². The van der Waals surface area contributed by atoms with Gasteiger partial charge in [-0.1, -0.05) is 52.8 Å². The highest BCUT2D eigenvalue weighted by atomic mass is 31.1. The van der Waals surface area contributed by atoms with Gasteiger partial charge in [-0.2, -0.15) is 0 Å². The van der Waals surface area contributed by atoms with Gasteiger partial charge >= 0.3 is 0 Å². The first-order chi connectivity index (χ1) is 18.9. The normalized spacial score (nSPS) is 21.9. The Hall–Kier alpha value is -2.23. The van der Waals surface area contributed by atoms with Crippen molar-refractivity contribution in [1.29, 1.82) is 0 Å². The molecule has 1 fully saturated rings. The van der Waals surface area contributed by atoms with Crippen LogP contribution in [-0.4, -0.2) is 71.9 Å². The summed E-state index contributed by atoms with van der Waals surface area (Å²) in [6.07, 6.45) is 3.67. The monoisotopic (exact) mass is 585 g/mol. The lowest BCUT2D eigenvalue weighted by Crippen LogP contribution is -2.48. The van der Waals surface area contributed by atoms with Crippen LogP contribution in [0.1, 0.15) is 64.0 Å². The van der Waals surface area contributed by atoms with Gasteiger partial charge in [-0.15, -0.1) is 0 Å². The van der Waals surface area contributed by atoms with Gasteiger partial charge in [0.15, 0.2) is 31.5 Å². The highest BCUT2D eigenvalue weighted by Gasteiger charge is 2.51. The third kappa shape index (κ3) is 6.16. The van der Waals surface area contributed by atoms with Crippen LogP contribution in [0.25, 0.3) is 11.2 Å². The fraction of sp³-hybridized carbons (Fsp3) is 0.586. The van der Waals surface area contributed by atoms with Crippen molar-refractivity contribution in [2.75, 3.05) is 24.8 Å². The highest BCUT2D eigenvalue weighted by Crippen LogP contribution is 2.46. The molecule has 1 amide bonds. The quantitative estimate of drug-likeness (QED) is 0.195. The zero-order valence-electron chi connectivity index (χ0n) is 25.3. The second-order valence-electron chi connectivity index (χ2n) is 12.0. The van der Waals surface area contributed by atoms with Crippen molar-refractivity contribution >= 4 is 39.4 Å². The largest absolute Gasteiger partial charge is 0.407 e. The number of anilines is 1. The van der Waals surface area contributed by atoms with Crippen LogP contribution in [0.4, 0.5) is 5.82 Å². The maximum atomic E-state index is 13.5. The minimum atomic E-state index is -2.19. The van der Waals surface area contributed by atoms with Gasteiger partial charge in [0.1, 0.15) is 18.5 Å². The van der Waals surface area contributed by atoms with E-state index in [0.717, 1.165) is 12.8 Å². The number of amides is 1. The first kappa shape index (κ1) is 30.7. The first-order valence-corrected chi connectivity index (χ1v) is 19.2. The van der Waals surface area contributed by atoms with Crippen molar-refractivity contribution in [2.45, 2.75) is 90.1 Å². The maximum absolute atomic E-state index is 13.5. The molecule has 0 spiro atoms. The molecular weight excluding hydrogens is 541 g/mol. The van der Waals surface area contributed by atoms with Crippen LogP contribution in [0.3, 0.4) is 0 Å². The molecule has 40 heavy (non-hydrogen) atoms. The molecule has 1 saturated heterocycles. The molecule has 1 aromatic carbocycles. The van der Waals surface area contributed by atoms with Crippen LogP contribution in [0, 0.1) is 0 Å². The number of ether oxygens (including phenoxy) is 1. The van der Waals surface area contributed by atoms with E-state index in [-0.39, 0.29) is 29.3 Å². The Balaban J connectivity index is 1.79. The third-order valence-corrected chi connectivity index (χ3v) is 13.0. The number of carbonyl (C=O) groups is 1. The lowest BCUT2D eigenvalue weighted by atomic mass is 10.1. The van der Waals surface area contributed by atoms with E-state index in [0.29, 0.717) is 29.1 Å². The van der Waals surface area contributed by atoms with Crippen LogP contribution in [0.5, 0.6) is 0 Å². The van der Waals surface area contributed by atoms with Crippen molar-refractivity contribution in [2.24, 2.45) is 0 Å². The molecule has 0 aliphatic carbocycles. The van der Waals surface area contributed by atoms with Gasteiger partial charge in [0.25, 0.3) is 5.91 Å². The Morgan fingerprint density at radius 3 is 2.40 bits per heavy atom. The number of carbonyl (C=O) groups excluding carboxylic acids is 1. The van der Waals surface area contributed by atoms with Crippen LogP contribution >= 0.6 is 8.15 Å². The second kappa shape index (κ2) is 12.3. The summed E-state index contributed by atoms with van der Waals surface area (Å²) in [5, 5.41) is 0.0143. The lowest BCUT2D eigenvalue weighted by molar-refractivity contribution is -0.0323. The van der Waals surface area contributed by atoms with Crippen molar-refractivity contribution in [3.8, 4) is 0 Å². The summed E-state index contributed by atoms with van der Waals surface area (Å²) >= 11 is 0. The van der Waals surface area contributed by atoms with Crippen LogP contribution in [0.2, 0.25) is 18.1 Å². The number of hydrogen-bond donors (Lipinski definition) is 0. The zero-order chi connectivity index (χ0) is 29.2. The van der Waals surface area contributed by atoms with Crippen molar-refractivity contribution in [3.63, 3.8) is 0 Å². The summed E-state index contributed by atoms with van der Waals surface area (Å²) in [6.45, 7) is 20.1. The predicted molar refractivity (Wildman–Crippen MR) is 164 cm³/mol. The molecule has 0 saturated carbocycles. The summed E-state index contributed by atoms with van der Waals surface area (Å²) in [5.41, 5.74) is 1.76. The van der Waals surface area contributed by atoms with Crippen molar-refractivity contribution in [3.05, 3.63) is 48.5 Å². The summed E-state index contributed by atoms with van der Waals surface area (Å²) < 4.78 is 22.2. The Morgan fingerprint density at radius 2 is 1.80 bits per heavy atom. The molecule has 4 rings (SSSR count). The van der Waals surface area contributed by atoms with E-state index in [2.05, 4.69) is 64.1 Å². The van der Waals surface area contributed by atoms with Gasteiger partial charge in [-0.3, -0.25) is 14.3 Å². The zero-order valence-corrected chi connectivity index (χ0v) is 27.2. The van der Waals surface area contributed by atoms with E-state index in [1.54, 1.807) is 11.2 Å². The summed E-state index contributed by atoms with van der Waals surface area (Å²) in [5.74, 6) is 0.372. The molecule has 0 bridgehead atoms. The van der Waals surface area contributed by atoms with E-state index in [1.165, 1.54) is 6.33 Å². The second-order valence-corrected chi connectivity index (χ2v) is 18.6. The Labute approximate surface area is 240 Å². The van der Waals surface area contributed by atoms with Crippen molar-refractivity contribution in [1.82, 2.24) is 19.5 Å². The number of imidazole rings is 1. The smallest absolute Gasteiger partial charge is 0.259 e. The number of rotatable bonds is 10. The lowest BCUT2D eigenvalue weighted by Gasteiger charge is -2.40. The summed E-state index contributed by atoms with van der Waals surface area (Å²) in [7, 11) is -2.83. The van der Waals surface area contributed by atoms with Crippen LogP contribution < -0.4 is 4.90 Å². The minimum absolute atomic E-state index is 0.0143. The van der Waals surface area contributed by atoms with Gasteiger partial charge in [0.05, 0.1) is 12.4 Å². The Bertz CT molecular complexity index is 1300. The van der Waals surface area contributed by atoms with E-state index in [4.69, 9.17) is 18.7 Å². The van der Waals surface area contributed by atoms with Gasteiger partial charge in [0.2, 0.25) is 0 Å². The molecule has 3 aromatic rings. The summed E-state index contributed by atoms with van der Waals surface area (Å²) in [6, 6.07) is 9.26. The number of hydrogen-bond acceptors (Lipinski definition) is 7. The molecule has 218 valence electrons. The van der Waals surface area contributed by atoms with E-state index >= 15 is 0 Å². The summed E-state index contributed by atoms with van der Waals surface area (Å²) in [4.78, 5) is 29.1. The molecule has 0 N–H and O–H groups in total. The minimum Gasteiger partial charge on any atom is -0.407 e. The fourth-order valence-corrected chi connectivity index (χ4v) is 6.79. The molecule has 0 radical (unpaired) electrons. The molecule has 11 heteroatoms. The molecule has 4 atom stereocenters. The molecule has 1 aliphatic heterocycles. The van der Waals surface area contributed by atoms with Gasteiger partial charge in [0, 0.05) is 20.3 Å². The molecule has 9 nitrogen and oxygen atoms in total. The fourth-order valence-electron chi connectivity index (χ4n) is 4.76. The molecule has 1 unspecified atom stereocenters. The number of aromatic nitrogens is 4. The maximum Gasteiger partial charge on any atom is 0.259 e. The van der Waals surface area contributed by atoms with Crippen LogP contribution in [-0.2, 0) is 13.7 Å². The standard InChI is InChI=1S/C29H44N5O4PSi/c1-10-17-33(27(35)20-15-13-12-14-16-20)25-22-26(31-18-30-25)34(19-32-22)28-24(38-40(8,9)29(3,4)5)23(37-39(6)7)21(11-2)36-28/h12-16,18-19,21,23-24,28H,10-11,17H2,1-9H3/t21-,23?,24+,28-/m1/s1. The van der Waals surface area contributed by atoms with Gasteiger partial charge in [-0.05, 0) is 56.4 Å². The highest BCUT2D eigenvalue weighted by molar-refractivity contribution is 7.50. The Morgan fingerprint density at radius 1 is 1.10 bits per heavy atom. The Kier molecular flexibility index (Phi) is 9.47. The third-order valence-electron chi connectivity index (χ3n) is 7.84. The molecule has 2 aromatic heterocycles. The van der Waals surface area contributed by atoms with Gasteiger partial charge < -0.3 is 13.7 Å². The van der Waals surface area contributed by atoms with Crippen LogP contribution in [0.15, 0.2) is 43.0 Å². The average Bonchev–Trinajstić information content (AvgIpc) is 3.47. The van der Waals surface area contributed by atoms with Gasteiger partial charge in [-0.25, -0.2) is 15.0 Å². The molecule has 3 heterocycles. The SMILES string of the molecule is CCCN(C(=O)c1ccccc1)c1ncnc2c1ncn2[C@@H]1O[C@H](CC)C(OP(C)C)[C@@H]1O[Si](C)(C)C(C)(C)C. The van der Waals surface area contributed by atoms with E-state index in [1.807, 2.05) is 41.8 Å². The average molecular weight is 586 g/mol. The predicted octanol–water partition coefficient (Wildman–Crippen LogP) is 6.62. The number of nitrogens with zero attached hydrogens (tertiary/aromatic N) is 5. The first-order valence-electron chi connectivity index (χ1n) is 14.1. The van der Waals surface area contributed by atoms with Crippen molar-refractivity contribution < 1.29 is 18.5 Å². The van der Waals surface area contributed by atoms with E-state index in [9.17, 15) is 4.79 Å². The number of fused-ring (bicyclic) bond motifs is 1. The topological polar surface area (TPSA) is 91.6 Å².